The van der Waals surface area contributed by atoms with Gasteiger partial charge in [0, 0.05) is 41.8 Å². The first-order valence-corrected chi connectivity index (χ1v) is 12.3. The number of nitrogens with two attached hydrogens (primary N) is 1. The molecule has 0 bridgehead atoms. The number of nitrogens with zero attached hydrogens (tertiary/aromatic N) is 1. The van der Waals surface area contributed by atoms with Gasteiger partial charge in [0.05, 0.1) is 24.9 Å². The third-order valence-corrected chi connectivity index (χ3v) is 6.12. The third-order valence-electron chi connectivity index (χ3n) is 6.12. The number of aliphatic carboxylic acids is 2. The number of nitrogens with one attached hydrogen (secondary N) is 5. The highest BCUT2D eigenvalue weighted by atomic mass is 16.4. The lowest BCUT2D eigenvalue weighted by atomic mass is 10.0. The minimum absolute atomic E-state index is 0.0504. The van der Waals surface area contributed by atoms with Crippen molar-refractivity contribution in [1.29, 1.82) is 0 Å². The van der Waals surface area contributed by atoms with Crippen LogP contribution < -0.4 is 21.7 Å². The fourth-order valence-corrected chi connectivity index (χ4v) is 4.03. The van der Waals surface area contributed by atoms with Crippen molar-refractivity contribution < 1.29 is 39.3 Å². The topological polar surface area (TPSA) is 253 Å². The van der Waals surface area contributed by atoms with Crippen molar-refractivity contribution in [2.24, 2.45) is 5.73 Å². The first-order valence-electron chi connectivity index (χ1n) is 12.3. The smallest absolute Gasteiger partial charge is 0.328 e. The van der Waals surface area contributed by atoms with Gasteiger partial charge in [0.15, 0.2) is 6.04 Å². The maximum absolute atomic E-state index is 13.5. The molecule has 15 heteroatoms. The summed E-state index contributed by atoms with van der Waals surface area (Å²) in [6.45, 7) is 1.19. The van der Waals surface area contributed by atoms with Gasteiger partial charge in [-0.25, -0.2) is 9.78 Å². The average molecular weight is 558 g/mol. The Morgan fingerprint density at radius 2 is 1.60 bits per heavy atom. The van der Waals surface area contributed by atoms with Gasteiger partial charge in [0.25, 0.3) is 0 Å². The van der Waals surface area contributed by atoms with Gasteiger partial charge in [-0.3, -0.25) is 19.2 Å². The zero-order chi connectivity index (χ0) is 29.4. The Morgan fingerprint density at radius 3 is 2.23 bits per heavy atom. The summed E-state index contributed by atoms with van der Waals surface area (Å²) >= 11 is 0. The van der Waals surface area contributed by atoms with E-state index < -0.39 is 66.4 Å². The van der Waals surface area contributed by atoms with Crippen LogP contribution in [0.1, 0.15) is 24.6 Å². The summed E-state index contributed by atoms with van der Waals surface area (Å²) < 4.78 is 0. The maximum Gasteiger partial charge on any atom is 0.328 e. The second-order valence-corrected chi connectivity index (χ2v) is 9.24. The van der Waals surface area contributed by atoms with Crippen LogP contribution in [0.3, 0.4) is 0 Å². The number of aliphatic hydroxyl groups is 1. The molecule has 5 unspecified atom stereocenters. The van der Waals surface area contributed by atoms with Gasteiger partial charge in [-0.05, 0) is 18.6 Å². The molecule has 0 saturated heterocycles. The zero-order valence-corrected chi connectivity index (χ0v) is 21.5. The van der Waals surface area contributed by atoms with Gasteiger partial charge in [-0.1, -0.05) is 18.2 Å². The molecule has 2 heterocycles. The number of carbonyl (C=O) groups excluding carboxylic acids is 3. The highest BCUT2D eigenvalue weighted by Gasteiger charge is 2.33. The summed E-state index contributed by atoms with van der Waals surface area (Å²) in [4.78, 5) is 71.6. The number of para-hydroxylation sites is 1. The lowest BCUT2D eigenvalue weighted by molar-refractivity contribution is -0.145. The van der Waals surface area contributed by atoms with Crippen LogP contribution in [0.4, 0.5) is 0 Å². The van der Waals surface area contributed by atoms with Gasteiger partial charge < -0.3 is 47.0 Å². The molecule has 1 aromatic carbocycles. The van der Waals surface area contributed by atoms with Crippen LogP contribution in [0.15, 0.2) is 43.0 Å². The van der Waals surface area contributed by atoms with E-state index in [-0.39, 0.29) is 12.8 Å². The number of H-pyrrole nitrogens is 2. The minimum Gasteiger partial charge on any atom is -0.481 e. The number of benzene rings is 1. The summed E-state index contributed by atoms with van der Waals surface area (Å²) in [5.41, 5.74) is 7.56. The first-order chi connectivity index (χ1) is 19.0. The van der Waals surface area contributed by atoms with Crippen molar-refractivity contribution in [2.45, 2.75) is 56.5 Å². The van der Waals surface area contributed by atoms with Crippen LogP contribution in [-0.2, 0) is 36.8 Å². The van der Waals surface area contributed by atoms with Crippen LogP contribution in [-0.4, -0.2) is 90.2 Å². The number of carboxylic acid groups (broad SMARTS) is 2. The molecule has 0 saturated carbocycles. The number of hydrogen-bond donors (Lipinski definition) is 9. The zero-order valence-electron chi connectivity index (χ0n) is 21.5. The van der Waals surface area contributed by atoms with E-state index in [4.69, 9.17) is 10.8 Å². The lowest BCUT2D eigenvalue weighted by Crippen LogP contribution is -2.59. The minimum atomic E-state index is -1.65. The van der Waals surface area contributed by atoms with E-state index in [9.17, 15) is 34.2 Å². The van der Waals surface area contributed by atoms with Gasteiger partial charge in [0.2, 0.25) is 17.7 Å². The number of hydrogen-bond acceptors (Lipinski definition) is 8. The average Bonchev–Trinajstić information content (AvgIpc) is 3.55. The molecule has 0 aliphatic heterocycles. The summed E-state index contributed by atoms with van der Waals surface area (Å²) in [6.07, 6.45) is 2.13. The normalized spacial score (nSPS) is 14.9. The van der Waals surface area contributed by atoms with Crippen molar-refractivity contribution in [3.05, 3.63) is 54.2 Å². The molecular formula is C25H31N7O8. The van der Waals surface area contributed by atoms with Crippen LogP contribution in [0.5, 0.6) is 0 Å². The standard InChI is InChI=1S/C25H31N7O8/c1-12(33)21(25(39)40)32-24(38)19(7-14-10-27-11-29-14)31-23(37)18(30-22(36)16(26)8-20(34)35)6-13-9-28-17-5-3-2-4-15(13)17/h2-5,9-12,16,18-19,21,28,33H,6-8,26H2,1H3,(H,27,29)(H,30,36)(H,31,37)(H,32,38)(H,34,35)(H,39,40). The SMILES string of the molecule is CC(O)C(NC(=O)C(Cc1cnc[nH]1)NC(=O)C(Cc1c[nH]c2ccccc12)NC(=O)C(N)CC(=O)O)C(=O)O. The number of rotatable bonds is 14. The predicted octanol–water partition coefficient (Wildman–Crippen LogP) is -1.60. The van der Waals surface area contributed by atoms with E-state index in [0.717, 1.165) is 10.9 Å². The number of carboxylic acids is 2. The molecular weight excluding hydrogens is 526 g/mol. The number of fused-ring (bicyclic) bond motifs is 1. The lowest BCUT2D eigenvalue weighted by Gasteiger charge is -2.25. The number of imidazole rings is 1. The Bertz CT molecular complexity index is 1350. The molecule has 10 N–H and O–H groups in total. The Morgan fingerprint density at radius 1 is 0.950 bits per heavy atom. The Kier molecular flexibility index (Phi) is 9.94. The Hall–Kier alpha value is -4.76. The van der Waals surface area contributed by atoms with Crippen molar-refractivity contribution in [3.63, 3.8) is 0 Å². The molecule has 0 aliphatic carbocycles. The first kappa shape index (κ1) is 29.8. The molecule has 0 aliphatic rings. The summed E-state index contributed by atoms with van der Waals surface area (Å²) in [7, 11) is 0. The van der Waals surface area contributed by atoms with E-state index in [2.05, 4.69) is 30.9 Å². The summed E-state index contributed by atoms with van der Waals surface area (Å²) in [6, 6.07) is 1.51. The summed E-state index contributed by atoms with van der Waals surface area (Å²) in [5.74, 6) is -5.40. The van der Waals surface area contributed by atoms with E-state index in [1.54, 1.807) is 12.3 Å². The van der Waals surface area contributed by atoms with Crippen LogP contribution in [0.2, 0.25) is 0 Å². The molecule has 214 valence electrons. The Balaban J connectivity index is 1.88. The van der Waals surface area contributed by atoms with Gasteiger partial charge in [0.1, 0.15) is 12.1 Å². The number of aliphatic hydroxyl groups excluding tert-OH is 1. The van der Waals surface area contributed by atoms with Crippen molar-refractivity contribution in [2.75, 3.05) is 0 Å². The van der Waals surface area contributed by atoms with Crippen LogP contribution >= 0.6 is 0 Å². The number of carbonyl (C=O) groups is 5. The van der Waals surface area contributed by atoms with Crippen LogP contribution in [0.25, 0.3) is 10.9 Å². The highest BCUT2D eigenvalue weighted by Crippen LogP contribution is 2.19. The second-order valence-electron chi connectivity index (χ2n) is 9.24. The predicted molar refractivity (Wildman–Crippen MR) is 140 cm³/mol. The molecule has 2 aromatic heterocycles. The van der Waals surface area contributed by atoms with Crippen molar-refractivity contribution in [3.8, 4) is 0 Å². The molecule has 15 nitrogen and oxygen atoms in total. The third kappa shape index (κ3) is 7.87. The molecule has 0 radical (unpaired) electrons. The quantitative estimate of drug-likeness (QED) is 0.110. The fourth-order valence-electron chi connectivity index (χ4n) is 4.03. The van der Waals surface area contributed by atoms with E-state index in [1.807, 2.05) is 18.2 Å². The molecule has 3 aromatic rings. The number of aromatic amines is 2. The molecule has 3 amide bonds. The molecule has 40 heavy (non-hydrogen) atoms. The van der Waals surface area contributed by atoms with Crippen LogP contribution in [0, 0.1) is 0 Å². The Labute approximate surface area is 227 Å². The molecule has 0 fully saturated rings. The second kappa shape index (κ2) is 13.3. The molecule has 5 atom stereocenters. The van der Waals surface area contributed by atoms with Crippen molar-refractivity contribution in [1.82, 2.24) is 30.9 Å². The van der Waals surface area contributed by atoms with E-state index in [0.29, 0.717) is 11.3 Å². The fraction of sp³-hybridized carbons (Fsp3) is 0.360. The van der Waals surface area contributed by atoms with E-state index in [1.165, 1.54) is 19.4 Å². The number of aromatic nitrogens is 3. The largest absolute Gasteiger partial charge is 0.481 e. The van der Waals surface area contributed by atoms with E-state index >= 15 is 0 Å². The van der Waals surface area contributed by atoms with Gasteiger partial charge in [-0.15, -0.1) is 0 Å². The van der Waals surface area contributed by atoms with Gasteiger partial charge >= 0.3 is 11.9 Å². The number of amides is 3. The summed E-state index contributed by atoms with van der Waals surface area (Å²) in [5, 5.41) is 36.1. The maximum atomic E-state index is 13.5. The monoisotopic (exact) mass is 557 g/mol. The van der Waals surface area contributed by atoms with Gasteiger partial charge in [-0.2, -0.15) is 0 Å². The van der Waals surface area contributed by atoms with Crippen molar-refractivity contribution >= 4 is 40.6 Å². The molecule has 0 spiro atoms. The molecule has 3 rings (SSSR count). The highest BCUT2D eigenvalue weighted by molar-refractivity contribution is 5.95.